The van der Waals surface area contributed by atoms with Gasteiger partial charge in [-0.1, -0.05) is 37.6 Å². The van der Waals surface area contributed by atoms with E-state index in [9.17, 15) is 0 Å². The highest BCUT2D eigenvalue weighted by Gasteiger charge is 2.33. The van der Waals surface area contributed by atoms with Crippen LogP contribution < -0.4 is 5.73 Å². The van der Waals surface area contributed by atoms with Gasteiger partial charge in [-0.05, 0) is 49.1 Å². The van der Waals surface area contributed by atoms with Gasteiger partial charge in [0.1, 0.15) is 0 Å². The molecule has 0 aromatic heterocycles. The Morgan fingerprint density at radius 3 is 2.60 bits per heavy atom. The Morgan fingerprint density at radius 1 is 1.15 bits per heavy atom. The Morgan fingerprint density at radius 2 is 1.90 bits per heavy atom. The molecule has 1 unspecified atom stereocenters. The molecule has 1 heterocycles. The molecule has 0 bridgehead atoms. The zero-order valence-corrected chi connectivity index (χ0v) is 12.7. The van der Waals surface area contributed by atoms with Crippen LogP contribution in [0.4, 0.5) is 0 Å². The molecule has 0 radical (unpaired) electrons. The van der Waals surface area contributed by atoms with Gasteiger partial charge in [0.2, 0.25) is 0 Å². The van der Waals surface area contributed by atoms with Gasteiger partial charge in [0.25, 0.3) is 0 Å². The first-order valence-corrected chi connectivity index (χ1v) is 8.37. The Labute approximate surface area is 123 Å². The summed E-state index contributed by atoms with van der Waals surface area (Å²) in [6, 6.07) is 10.1. The molecule has 2 heteroatoms. The lowest BCUT2D eigenvalue weighted by atomic mass is 9.81. The van der Waals surface area contributed by atoms with Crippen molar-refractivity contribution in [3.63, 3.8) is 0 Å². The van der Waals surface area contributed by atoms with Crippen LogP contribution in [0.2, 0.25) is 0 Å². The predicted molar refractivity (Wildman–Crippen MR) is 84.7 cm³/mol. The molecule has 1 aliphatic heterocycles. The first-order valence-electron chi connectivity index (χ1n) is 8.37. The first-order chi connectivity index (χ1) is 9.83. The zero-order chi connectivity index (χ0) is 13.9. The van der Waals surface area contributed by atoms with Crippen LogP contribution in [0, 0.1) is 5.92 Å². The molecule has 0 spiro atoms. The molecule has 1 aliphatic carbocycles. The number of nitrogens with zero attached hydrogens (tertiary/aromatic N) is 1. The minimum Gasteiger partial charge on any atom is -0.329 e. The average molecular weight is 272 g/mol. The molecule has 0 amide bonds. The quantitative estimate of drug-likeness (QED) is 0.912. The third-order valence-electron chi connectivity index (χ3n) is 5.54. The minimum absolute atomic E-state index is 0.447. The Kier molecular flexibility index (Phi) is 4.42. The second kappa shape index (κ2) is 6.28. The largest absolute Gasteiger partial charge is 0.329 e. The van der Waals surface area contributed by atoms with E-state index in [1.54, 1.807) is 0 Å². The second-order valence-electron chi connectivity index (χ2n) is 6.52. The molecular weight excluding hydrogens is 244 g/mol. The maximum atomic E-state index is 6.13. The molecule has 0 saturated heterocycles. The summed E-state index contributed by atoms with van der Waals surface area (Å²) < 4.78 is 0. The summed E-state index contributed by atoms with van der Waals surface area (Å²) in [5.74, 6) is 0.972. The Hall–Kier alpha value is -0.860. The molecule has 1 aromatic carbocycles. The van der Waals surface area contributed by atoms with Gasteiger partial charge in [-0.15, -0.1) is 0 Å². The number of benzene rings is 1. The van der Waals surface area contributed by atoms with E-state index in [1.807, 2.05) is 0 Å². The molecule has 3 rings (SSSR count). The van der Waals surface area contributed by atoms with E-state index in [0.717, 1.165) is 18.5 Å². The van der Waals surface area contributed by atoms with Crippen LogP contribution in [0.15, 0.2) is 24.3 Å². The summed E-state index contributed by atoms with van der Waals surface area (Å²) in [6.07, 6.45) is 8.12. The SMILES string of the molecule is CCC1CCC(N2CCc3ccccc3C2CN)CC1. The van der Waals surface area contributed by atoms with Gasteiger partial charge in [-0.2, -0.15) is 0 Å². The molecule has 2 nitrogen and oxygen atoms in total. The normalized spacial score (nSPS) is 31.0. The fourth-order valence-corrected chi connectivity index (χ4v) is 4.26. The van der Waals surface area contributed by atoms with Gasteiger partial charge in [0, 0.05) is 25.2 Å². The molecule has 1 atom stereocenters. The Bertz CT molecular complexity index is 435. The standard InChI is InChI=1S/C18H28N2/c1-2-14-7-9-16(10-8-14)20-12-11-15-5-3-4-6-17(15)18(20)13-19/h3-6,14,16,18H,2,7-13,19H2,1H3. The summed E-state index contributed by atoms with van der Waals surface area (Å²) >= 11 is 0. The number of fused-ring (bicyclic) bond motifs is 1. The molecule has 2 N–H and O–H groups in total. The third-order valence-corrected chi connectivity index (χ3v) is 5.54. The lowest BCUT2D eigenvalue weighted by Crippen LogP contribution is -2.46. The first kappa shape index (κ1) is 14.1. The summed E-state index contributed by atoms with van der Waals surface area (Å²) in [7, 11) is 0. The van der Waals surface area contributed by atoms with Crippen molar-refractivity contribution in [1.29, 1.82) is 0 Å². The molecule has 1 saturated carbocycles. The fraction of sp³-hybridized carbons (Fsp3) is 0.667. The molecule has 1 fully saturated rings. The van der Waals surface area contributed by atoms with Crippen molar-refractivity contribution in [3.8, 4) is 0 Å². The highest BCUT2D eigenvalue weighted by atomic mass is 15.2. The van der Waals surface area contributed by atoms with Crippen molar-refractivity contribution in [1.82, 2.24) is 4.90 Å². The van der Waals surface area contributed by atoms with Crippen LogP contribution in [0.1, 0.15) is 56.2 Å². The van der Waals surface area contributed by atoms with E-state index < -0.39 is 0 Å². The zero-order valence-electron chi connectivity index (χ0n) is 12.7. The second-order valence-corrected chi connectivity index (χ2v) is 6.52. The highest BCUT2D eigenvalue weighted by Crippen LogP contribution is 2.36. The van der Waals surface area contributed by atoms with E-state index in [0.29, 0.717) is 6.04 Å². The van der Waals surface area contributed by atoms with Crippen molar-refractivity contribution >= 4 is 0 Å². The smallest absolute Gasteiger partial charge is 0.0476 e. The van der Waals surface area contributed by atoms with Crippen LogP contribution in [-0.2, 0) is 6.42 Å². The van der Waals surface area contributed by atoms with E-state index in [4.69, 9.17) is 5.73 Å². The molecule has 2 aliphatic rings. The van der Waals surface area contributed by atoms with Gasteiger partial charge < -0.3 is 5.73 Å². The summed E-state index contributed by atoms with van der Waals surface area (Å²) in [5, 5.41) is 0. The van der Waals surface area contributed by atoms with Crippen molar-refractivity contribution < 1.29 is 0 Å². The monoisotopic (exact) mass is 272 g/mol. The van der Waals surface area contributed by atoms with Crippen molar-refractivity contribution in [3.05, 3.63) is 35.4 Å². The van der Waals surface area contributed by atoms with Gasteiger partial charge in [0.05, 0.1) is 0 Å². The van der Waals surface area contributed by atoms with Crippen LogP contribution in [0.3, 0.4) is 0 Å². The number of nitrogens with two attached hydrogens (primary N) is 1. The summed E-state index contributed by atoms with van der Waals surface area (Å²) in [4.78, 5) is 2.72. The maximum absolute atomic E-state index is 6.13. The lowest BCUT2D eigenvalue weighted by molar-refractivity contribution is 0.0854. The van der Waals surface area contributed by atoms with E-state index >= 15 is 0 Å². The number of hydrogen-bond acceptors (Lipinski definition) is 2. The van der Waals surface area contributed by atoms with Gasteiger partial charge >= 0.3 is 0 Å². The van der Waals surface area contributed by atoms with Crippen LogP contribution in [0.5, 0.6) is 0 Å². The minimum atomic E-state index is 0.447. The van der Waals surface area contributed by atoms with Gasteiger partial charge in [-0.25, -0.2) is 0 Å². The lowest BCUT2D eigenvalue weighted by Gasteiger charge is -2.44. The van der Waals surface area contributed by atoms with Crippen molar-refractivity contribution in [2.24, 2.45) is 11.7 Å². The third kappa shape index (κ3) is 2.64. The molecular formula is C18H28N2. The van der Waals surface area contributed by atoms with E-state index in [1.165, 1.54) is 56.2 Å². The Balaban J connectivity index is 1.75. The summed E-state index contributed by atoms with van der Waals surface area (Å²) in [6.45, 7) is 4.29. The van der Waals surface area contributed by atoms with Crippen LogP contribution in [-0.4, -0.2) is 24.0 Å². The topological polar surface area (TPSA) is 29.3 Å². The molecule has 1 aromatic rings. The number of rotatable bonds is 3. The van der Waals surface area contributed by atoms with Crippen molar-refractivity contribution in [2.45, 2.75) is 57.5 Å². The van der Waals surface area contributed by atoms with Gasteiger partial charge in [0.15, 0.2) is 0 Å². The van der Waals surface area contributed by atoms with Crippen LogP contribution in [0.25, 0.3) is 0 Å². The number of hydrogen-bond donors (Lipinski definition) is 1. The fourth-order valence-electron chi connectivity index (χ4n) is 4.26. The predicted octanol–water partition coefficient (Wildman–Crippen LogP) is 3.51. The van der Waals surface area contributed by atoms with E-state index in [-0.39, 0.29) is 0 Å². The van der Waals surface area contributed by atoms with Crippen LogP contribution >= 0.6 is 0 Å². The average Bonchev–Trinajstić information content (AvgIpc) is 2.54. The molecule has 20 heavy (non-hydrogen) atoms. The summed E-state index contributed by atoms with van der Waals surface area (Å²) in [5.41, 5.74) is 9.13. The van der Waals surface area contributed by atoms with Crippen molar-refractivity contribution in [2.75, 3.05) is 13.1 Å². The molecule has 110 valence electrons. The van der Waals surface area contributed by atoms with E-state index in [2.05, 4.69) is 36.1 Å². The van der Waals surface area contributed by atoms with Gasteiger partial charge in [-0.3, -0.25) is 4.90 Å². The maximum Gasteiger partial charge on any atom is 0.0476 e. The highest BCUT2D eigenvalue weighted by molar-refractivity contribution is 5.33.